The first-order valence-corrected chi connectivity index (χ1v) is 5.13. The SMILES string of the molecule is O=C(O)c1ccc2oc(NC3CC3)nc2c1. The van der Waals surface area contributed by atoms with E-state index in [-0.39, 0.29) is 5.56 Å². The van der Waals surface area contributed by atoms with Crippen LogP contribution >= 0.6 is 0 Å². The van der Waals surface area contributed by atoms with E-state index in [0.29, 0.717) is 23.2 Å². The van der Waals surface area contributed by atoms with Crippen molar-refractivity contribution in [1.29, 1.82) is 0 Å². The zero-order valence-electron chi connectivity index (χ0n) is 8.43. The molecule has 0 atom stereocenters. The minimum Gasteiger partial charge on any atom is -0.478 e. The molecule has 0 spiro atoms. The fourth-order valence-corrected chi connectivity index (χ4v) is 1.52. The summed E-state index contributed by atoms with van der Waals surface area (Å²) in [5.74, 6) is -0.957. The Morgan fingerprint density at radius 2 is 2.31 bits per heavy atom. The number of carbonyl (C=O) groups is 1. The Hall–Kier alpha value is -2.04. The van der Waals surface area contributed by atoms with Crippen LogP contribution in [0.15, 0.2) is 22.6 Å². The fourth-order valence-electron chi connectivity index (χ4n) is 1.52. The fraction of sp³-hybridized carbons (Fsp3) is 0.273. The van der Waals surface area contributed by atoms with Gasteiger partial charge < -0.3 is 14.8 Å². The molecule has 0 unspecified atom stereocenters. The van der Waals surface area contributed by atoms with Gasteiger partial charge in [-0.3, -0.25) is 0 Å². The van der Waals surface area contributed by atoms with Gasteiger partial charge in [0.1, 0.15) is 5.52 Å². The molecular formula is C11H10N2O3. The van der Waals surface area contributed by atoms with Gasteiger partial charge in [-0.1, -0.05) is 0 Å². The highest BCUT2D eigenvalue weighted by molar-refractivity contribution is 5.92. The lowest BCUT2D eigenvalue weighted by atomic mass is 10.2. The smallest absolute Gasteiger partial charge is 0.335 e. The summed E-state index contributed by atoms with van der Waals surface area (Å²) in [5, 5.41) is 12.0. The number of nitrogens with zero attached hydrogens (tertiary/aromatic N) is 1. The Labute approximate surface area is 91.1 Å². The van der Waals surface area contributed by atoms with Crippen LogP contribution in [0, 0.1) is 0 Å². The van der Waals surface area contributed by atoms with Crippen LogP contribution in [-0.4, -0.2) is 22.1 Å². The predicted octanol–water partition coefficient (Wildman–Crippen LogP) is 2.10. The number of hydrogen-bond donors (Lipinski definition) is 2. The lowest BCUT2D eigenvalue weighted by molar-refractivity contribution is 0.0697. The molecule has 16 heavy (non-hydrogen) atoms. The number of oxazole rings is 1. The molecule has 1 aromatic carbocycles. The van der Waals surface area contributed by atoms with Crippen LogP contribution in [0.2, 0.25) is 0 Å². The van der Waals surface area contributed by atoms with Crippen molar-refractivity contribution in [3.05, 3.63) is 23.8 Å². The molecule has 82 valence electrons. The van der Waals surface area contributed by atoms with Gasteiger partial charge in [-0.15, -0.1) is 0 Å². The largest absolute Gasteiger partial charge is 0.478 e. The molecule has 1 aliphatic rings. The van der Waals surface area contributed by atoms with Crippen molar-refractivity contribution >= 4 is 23.1 Å². The number of aromatic nitrogens is 1. The lowest BCUT2D eigenvalue weighted by Gasteiger charge is -1.93. The van der Waals surface area contributed by atoms with Crippen LogP contribution < -0.4 is 5.32 Å². The van der Waals surface area contributed by atoms with E-state index in [1.165, 1.54) is 12.1 Å². The average Bonchev–Trinajstić information content (AvgIpc) is 2.96. The number of fused-ring (bicyclic) bond motifs is 1. The van der Waals surface area contributed by atoms with Gasteiger partial charge >= 0.3 is 5.97 Å². The number of nitrogens with one attached hydrogen (secondary N) is 1. The molecule has 0 saturated heterocycles. The molecule has 5 nitrogen and oxygen atoms in total. The number of carboxylic acid groups (broad SMARTS) is 1. The van der Waals surface area contributed by atoms with Crippen LogP contribution in [0.3, 0.4) is 0 Å². The van der Waals surface area contributed by atoms with Crippen LogP contribution in [-0.2, 0) is 0 Å². The van der Waals surface area contributed by atoms with Gasteiger partial charge in [0.05, 0.1) is 5.56 Å². The van der Waals surface area contributed by atoms with E-state index < -0.39 is 5.97 Å². The number of rotatable bonds is 3. The van der Waals surface area contributed by atoms with Gasteiger partial charge in [0.2, 0.25) is 0 Å². The standard InChI is InChI=1S/C11H10N2O3/c14-10(15)6-1-4-9-8(5-6)13-11(16-9)12-7-2-3-7/h1,4-5,7H,2-3H2,(H,12,13)(H,14,15). The molecular weight excluding hydrogens is 208 g/mol. The van der Waals surface area contributed by atoms with E-state index in [0.717, 1.165) is 12.8 Å². The molecule has 3 rings (SSSR count). The summed E-state index contributed by atoms with van der Waals surface area (Å²) in [6, 6.07) is 5.59. The lowest BCUT2D eigenvalue weighted by Crippen LogP contribution is -2.00. The molecule has 1 fully saturated rings. The van der Waals surface area contributed by atoms with E-state index in [9.17, 15) is 4.79 Å². The molecule has 1 saturated carbocycles. The molecule has 1 heterocycles. The molecule has 1 aliphatic carbocycles. The van der Waals surface area contributed by atoms with Crippen molar-refractivity contribution in [3.8, 4) is 0 Å². The molecule has 1 aromatic heterocycles. The summed E-state index contributed by atoms with van der Waals surface area (Å²) in [5.41, 5.74) is 1.40. The van der Waals surface area contributed by atoms with E-state index >= 15 is 0 Å². The topological polar surface area (TPSA) is 75.4 Å². The van der Waals surface area contributed by atoms with Crippen LogP contribution in [0.4, 0.5) is 6.01 Å². The highest BCUT2D eigenvalue weighted by atomic mass is 16.4. The number of anilines is 1. The first-order valence-electron chi connectivity index (χ1n) is 5.13. The van der Waals surface area contributed by atoms with Crippen molar-refractivity contribution in [2.45, 2.75) is 18.9 Å². The number of hydrogen-bond acceptors (Lipinski definition) is 4. The third kappa shape index (κ3) is 1.60. The first-order chi connectivity index (χ1) is 7.72. The number of aromatic carboxylic acids is 1. The average molecular weight is 218 g/mol. The van der Waals surface area contributed by atoms with E-state index in [1.807, 2.05) is 0 Å². The second-order valence-electron chi connectivity index (χ2n) is 3.93. The Balaban J connectivity index is 1.99. The summed E-state index contributed by atoms with van der Waals surface area (Å²) in [4.78, 5) is 15.0. The van der Waals surface area contributed by atoms with Crippen LogP contribution in [0.5, 0.6) is 0 Å². The summed E-state index contributed by atoms with van der Waals surface area (Å²) in [7, 11) is 0. The maximum Gasteiger partial charge on any atom is 0.335 e. The second kappa shape index (κ2) is 3.23. The Kier molecular flexibility index (Phi) is 1.86. The normalized spacial score (nSPS) is 15.2. The zero-order chi connectivity index (χ0) is 11.1. The molecule has 5 heteroatoms. The Bertz CT molecular complexity index is 557. The molecule has 2 aromatic rings. The maximum absolute atomic E-state index is 10.8. The summed E-state index contributed by atoms with van der Waals surface area (Å²) >= 11 is 0. The summed E-state index contributed by atoms with van der Waals surface area (Å²) < 4.78 is 5.44. The zero-order valence-corrected chi connectivity index (χ0v) is 8.43. The van der Waals surface area contributed by atoms with Crippen molar-refractivity contribution in [3.63, 3.8) is 0 Å². The van der Waals surface area contributed by atoms with Crippen LogP contribution in [0.25, 0.3) is 11.1 Å². The second-order valence-corrected chi connectivity index (χ2v) is 3.93. The maximum atomic E-state index is 10.8. The molecule has 0 aliphatic heterocycles. The predicted molar refractivity (Wildman–Crippen MR) is 57.6 cm³/mol. The third-order valence-corrected chi connectivity index (χ3v) is 2.54. The number of carboxylic acids is 1. The van der Waals surface area contributed by atoms with E-state index in [1.54, 1.807) is 6.07 Å². The Morgan fingerprint density at radius 1 is 1.50 bits per heavy atom. The third-order valence-electron chi connectivity index (χ3n) is 2.54. The minimum absolute atomic E-state index is 0.221. The van der Waals surface area contributed by atoms with E-state index in [2.05, 4.69) is 10.3 Å². The van der Waals surface area contributed by atoms with Gasteiger partial charge in [-0.05, 0) is 31.0 Å². The van der Waals surface area contributed by atoms with Gasteiger partial charge in [0.25, 0.3) is 6.01 Å². The number of benzene rings is 1. The van der Waals surface area contributed by atoms with Gasteiger partial charge in [0.15, 0.2) is 5.58 Å². The molecule has 0 amide bonds. The summed E-state index contributed by atoms with van der Waals surface area (Å²) in [6.07, 6.45) is 2.28. The van der Waals surface area contributed by atoms with Crippen molar-refractivity contribution < 1.29 is 14.3 Å². The first kappa shape index (κ1) is 9.21. The van der Waals surface area contributed by atoms with Crippen molar-refractivity contribution in [1.82, 2.24) is 4.98 Å². The quantitative estimate of drug-likeness (QED) is 0.825. The van der Waals surface area contributed by atoms with Gasteiger partial charge in [-0.2, -0.15) is 4.98 Å². The molecule has 0 radical (unpaired) electrons. The highest BCUT2D eigenvalue weighted by Gasteiger charge is 2.23. The van der Waals surface area contributed by atoms with Crippen molar-refractivity contribution in [2.24, 2.45) is 0 Å². The van der Waals surface area contributed by atoms with Gasteiger partial charge in [-0.25, -0.2) is 4.79 Å². The molecule has 0 bridgehead atoms. The molecule has 2 N–H and O–H groups in total. The summed E-state index contributed by atoms with van der Waals surface area (Å²) in [6.45, 7) is 0. The monoisotopic (exact) mass is 218 g/mol. The van der Waals surface area contributed by atoms with Crippen molar-refractivity contribution in [2.75, 3.05) is 5.32 Å². The van der Waals surface area contributed by atoms with Gasteiger partial charge in [0, 0.05) is 6.04 Å². The Morgan fingerprint density at radius 3 is 3.00 bits per heavy atom. The van der Waals surface area contributed by atoms with E-state index in [4.69, 9.17) is 9.52 Å². The minimum atomic E-state index is -0.957. The highest BCUT2D eigenvalue weighted by Crippen LogP contribution is 2.26. The van der Waals surface area contributed by atoms with Crippen LogP contribution in [0.1, 0.15) is 23.2 Å².